The van der Waals surface area contributed by atoms with Gasteiger partial charge in [-0.2, -0.15) is 0 Å². The fraction of sp³-hybridized carbons (Fsp3) is 0.222. The van der Waals surface area contributed by atoms with Gasteiger partial charge in [-0.05, 0) is 24.1 Å². The van der Waals surface area contributed by atoms with E-state index >= 15 is 0 Å². The van der Waals surface area contributed by atoms with E-state index in [9.17, 15) is 18.0 Å². The van der Waals surface area contributed by atoms with Gasteiger partial charge in [-0.1, -0.05) is 42.5 Å². The van der Waals surface area contributed by atoms with Crippen molar-refractivity contribution in [1.29, 1.82) is 0 Å². The molecule has 0 aromatic heterocycles. The lowest BCUT2D eigenvalue weighted by Crippen LogP contribution is -2.38. The zero-order valence-corrected chi connectivity index (χ0v) is 14.3. The van der Waals surface area contributed by atoms with E-state index in [2.05, 4.69) is 4.72 Å². The number of carbonyl (C=O) groups is 2. The minimum absolute atomic E-state index is 0.00257. The first-order chi connectivity index (χ1) is 12.0. The summed E-state index contributed by atoms with van der Waals surface area (Å²) in [5.41, 5.74) is 1.66. The molecule has 25 heavy (non-hydrogen) atoms. The molecular weight excluding hydrogens is 340 g/mol. The van der Waals surface area contributed by atoms with Gasteiger partial charge in [-0.25, -0.2) is 13.1 Å². The highest BCUT2D eigenvalue weighted by atomic mass is 32.2. The molecule has 2 aromatic rings. The number of carbonyl (C=O) groups excluding carboxylic acids is 2. The Kier molecular flexibility index (Phi) is 4.96. The average molecular weight is 358 g/mol. The Morgan fingerprint density at radius 3 is 2.00 bits per heavy atom. The summed E-state index contributed by atoms with van der Waals surface area (Å²) in [4.78, 5) is 25.5. The summed E-state index contributed by atoms with van der Waals surface area (Å²) >= 11 is 0. The molecule has 0 aliphatic carbocycles. The molecule has 0 bridgehead atoms. The number of hydrogen-bond acceptors (Lipinski definition) is 4. The molecule has 0 radical (unpaired) electrons. The van der Waals surface area contributed by atoms with Gasteiger partial charge in [0, 0.05) is 13.1 Å². The van der Waals surface area contributed by atoms with Crippen LogP contribution in [0.3, 0.4) is 0 Å². The van der Waals surface area contributed by atoms with E-state index in [1.165, 1.54) is 0 Å². The third-order valence-corrected chi connectivity index (χ3v) is 5.42. The zero-order valence-electron chi connectivity index (χ0n) is 13.5. The van der Waals surface area contributed by atoms with Crippen LogP contribution in [0.15, 0.2) is 54.6 Å². The van der Waals surface area contributed by atoms with Crippen molar-refractivity contribution in [3.05, 3.63) is 71.3 Å². The van der Waals surface area contributed by atoms with Gasteiger partial charge in [0.05, 0.1) is 16.9 Å². The summed E-state index contributed by atoms with van der Waals surface area (Å²) in [6.45, 7) is 0.0134. The maximum atomic E-state index is 12.2. The molecule has 2 aromatic carbocycles. The van der Waals surface area contributed by atoms with Gasteiger partial charge >= 0.3 is 0 Å². The molecule has 0 atom stereocenters. The standard InChI is InChI=1S/C18H18N2O4S/c21-17-15-8-4-5-9-16(15)18(22)20(17)12-11-19-25(23,24)13-10-14-6-2-1-3-7-14/h1-9,19H,10-13H2. The normalized spacial score (nSPS) is 14.0. The number of nitrogens with one attached hydrogen (secondary N) is 1. The van der Waals surface area contributed by atoms with Gasteiger partial charge in [0.15, 0.2) is 0 Å². The van der Waals surface area contributed by atoms with Crippen LogP contribution in [-0.2, 0) is 16.4 Å². The molecule has 6 nitrogen and oxygen atoms in total. The Labute approximate surface area is 146 Å². The minimum atomic E-state index is -3.47. The fourth-order valence-corrected chi connectivity index (χ4v) is 3.78. The first-order valence-corrected chi connectivity index (χ1v) is 9.60. The molecular formula is C18H18N2O4S. The van der Waals surface area contributed by atoms with Crippen molar-refractivity contribution >= 4 is 21.8 Å². The maximum Gasteiger partial charge on any atom is 0.261 e. The SMILES string of the molecule is O=C1c2ccccc2C(=O)N1CCNS(=O)(=O)CCc1ccccc1. The molecule has 1 heterocycles. The lowest BCUT2D eigenvalue weighted by atomic mass is 10.1. The van der Waals surface area contributed by atoms with Crippen molar-refractivity contribution in [3.8, 4) is 0 Å². The van der Waals surface area contributed by atoms with E-state index in [0.717, 1.165) is 10.5 Å². The number of aryl methyl sites for hydroxylation is 1. The van der Waals surface area contributed by atoms with Crippen LogP contribution < -0.4 is 4.72 Å². The zero-order chi connectivity index (χ0) is 17.9. The number of fused-ring (bicyclic) bond motifs is 1. The predicted molar refractivity (Wildman–Crippen MR) is 93.7 cm³/mol. The summed E-state index contributed by atoms with van der Waals surface area (Å²) in [7, 11) is -3.47. The molecule has 0 saturated carbocycles. The third kappa shape index (κ3) is 3.94. The van der Waals surface area contributed by atoms with Crippen molar-refractivity contribution in [2.24, 2.45) is 0 Å². The lowest BCUT2D eigenvalue weighted by molar-refractivity contribution is 0.0657. The number of nitrogens with zero attached hydrogens (tertiary/aromatic N) is 1. The van der Waals surface area contributed by atoms with Gasteiger partial charge in [0.2, 0.25) is 10.0 Å². The first kappa shape index (κ1) is 17.3. The number of imide groups is 1. The number of rotatable bonds is 7. The van der Waals surface area contributed by atoms with Gasteiger partial charge in [-0.3, -0.25) is 14.5 Å². The molecule has 7 heteroatoms. The number of hydrogen-bond donors (Lipinski definition) is 1. The van der Waals surface area contributed by atoms with Gasteiger partial charge < -0.3 is 0 Å². The highest BCUT2D eigenvalue weighted by Gasteiger charge is 2.34. The summed E-state index contributed by atoms with van der Waals surface area (Å²) in [5.74, 6) is -0.813. The Balaban J connectivity index is 1.53. The predicted octanol–water partition coefficient (Wildman–Crippen LogP) is 1.44. The van der Waals surface area contributed by atoms with Crippen molar-refractivity contribution in [2.45, 2.75) is 6.42 Å². The monoisotopic (exact) mass is 358 g/mol. The number of sulfonamides is 1. The van der Waals surface area contributed by atoms with Crippen molar-refractivity contribution < 1.29 is 18.0 Å². The van der Waals surface area contributed by atoms with Crippen LogP contribution in [0, 0.1) is 0 Å². The third-order valence-electron chi connectivity index (χ3n) is 4.04. The minimum Gasteiger partial charge on any atom is -0.273 e. The Bertz CT molecular complexity index is 859. The second-order valence-electron chi connectivity index (χ2n) is 5.76. The van der Waals surface area contributed by atoms with E-state index < -0.39 is 10.0 Å². The molecule has 1 N–H and O–H groups in total. The molecule has 0 saturated heterocycles. The van der Waals surface area contributed by atoms with E-state index in [-0.39, 0.29) is 30.7 Å². The second kappa shape index (κ2) is 7.16. The largest absolute Gasteiger partial charge is 0.273 e. The molecule has 3 rings (SSSR count). The molecule has 1 aliphatic heterocycles. The summed E-state index contributed by atoms with van der Waals surface area (Å²) in [5, 5.41) is 0. The number of amides is 2. The van der Waals surface area contributed by atoms with Gasteiger partial charge in [0.1, 0.15) is 0 Å². The van der Waals surface area contributed by atoms with Crippen molar-refractivity contribution in [1.82, 2.24) is 9.62 Å². The summed E-state index contributed by atoms with van der Waals surface area (Å²) in [6, 6.07) is 15.9. The molecule has 0 spiro atoms. The smallest absolute Gasteiger partial charge is 0.261 e. The fourth-order valence-electron chi connectivity index (χ4n) is 2.72. The Hall–Kier alpha value is -2.51. The maximum absolute atomic E-state index is 12.2. The van der Waals surface area contributed by atoms with E-state index in [1.807, 2.05) is 30.3 Å². The van der Waals surface area contributed by atoms with Crippen molar-refractivity contribution in [3.63, 3.8) is 0 Å². The average Bonchev–Trinajstić information content (AvgIpc) is 2.86. The van der Waals surface area contributed by atoms with Gasteiger partial charge in [-0.15, -0.1) is 0 Å². The second-order valence-corrected chi connectivity index (χ2v) is 7.68. The van der Waals surface area contributed by atoms with Crippen LogP contribution in [0.2, 0.25) is 0 Å². The highest BCUT2D eigenvalue weighted by molar-refractivity contribution is 7.89. The molecule has 2 amide bonds. The first-order valence-electron chi connectivity index (χ1n) is 7.94. The molecule has 130 valence electrons. The molecule has 0 unspecified atom stereocenters. The van der Waals surface area contributed by atoms with Crippen LogP contribution in [0.4, 0.5) is 0 Å². The van der Waals surface area contributed by atoms with Crippen LogP contribution in [0.25, 0.3) is 0 Å². The lowest BCUT2D eigenvalue weighted by Gasteiger charge is -2.14. The van der Waals surface area contributed by atoms with E-state index in [0.29, 0.717) is 17.5 Å². The van der Waals surface area contributed by atoms with E-state index in [4.69, 9.17) is 0 Å². The Morgan fingerprint density at radius 2 is 1.40 bits per heavy atom. The summed E-state index contributed by atoms with van der Waals surface area (Å²) < 4.78 is 26.6. The Morgan fingerprint density at radius 1 is 0.840 bits per heavy atom. The highest BCUT2D eigenvalue weighted by Crippen LogP contribution is 2.21. The van der Waals surface area contributed by atoms with Gasteiger partial charge in [0.25, 0.3) is 11.8 Å². The van der Waals surface area contributed by atoms with Crippen LogP contribution in [0.5, 0.6) is 0 Å². The van der Waals surface area contributed by atoms with Crippen LogP contribution in [0.1, 0.15) is 26.3 Å². The molecule has 1 aliphatic rings. The van der Waals surface area contributed by atoms with E-state index in [1.54, 1.807) is 24.3 Å². The van der Waals surface area contributed by atoms with Crippen LogP contribution >= 0.6 is 0 Å². The quantitative estimate of drug-likeness (QED) is 0.759. The van der Waals surface area contributed by atoms with Crippen LogP contribution in [-0.4, -0.2) is 44.0 Å². The van der Waals surface area contributed by atoms with Crippen molar-refractivity contribution in [2.75, 3.05) is 18.8 Å². The topological polar surface area (TPSA) is 83.6 Å². The summed E-state index contributed by atoms with van der Waals surface area (Å²) in [6.07, 6.45) is 0.406. The number of benzene rings is 2. The molecule has 0 fully saturated rings.